The van der Waals surface area contributed by atoms with Gasteiger partial charge in [-0.2, -0.15) is 18.3 Å². The molecule has 90 valence electrons. The molecule has 2 aromatic rings. The zero-order chi connectivity index (χ0) is 12.6. The van der Waals surface area contributed by atoms with E-state index in [1.807, 2.05) is 0 Å². The van der Waals surface area contributed by atoms with Gasteiger partial charge >= 0.3 is 6.18 Å². The van der Waals surface area contributed by atoms with Gasteiger partial charge in [-0.15, -0.1) is 10.2 Å². The second kappa shape index (κ2) is 4.15. The highest BCUT2D eigenvalue weighted by molar-refractivity contribution is 6.32. The molecule has 17 heavy (non-hydrogen) atoms. The Hall–Kier alpha value is -1.34. The molecule has 0 aliphatic rings. The summed E-state index contributed by atoms with van der Waals surface area (Å²) in [6.45, 7) is 0. The van der Waals surface area contributed by atoms with Crippen LogP contribution in [0.15, 0.2) is 18.5 Å². The van der Waals surface area contributed by atoms with E-state index < -0.39 is 11.7 Å². The maximum Gasteiger partial charge on any atom is 0.419 e. The molecule has 0 aromatic carbocycles. The average molecular weight is 283 g/mol. The highest BCUT2D eigenvalue weighted by atomic mass is 35.5. The molecule has 0 amide bonds. The third kappa shape index (κ3) is 2.50. The van der Waals surface area contributed by atoms with Crippen molar-refractivity contribution in [2.45, 2.75) is 6.18 Å². The SMILES string of the molecule is FC(F)(F)c1cnn(-c2cc(Cl)nnc2Cl)c1. The lowest BCUT2D eigenvalue weighted by Crippen LogP contribution is -2.03. The van der Waals surface area contributed by atoms with Crippen LogP contribution in [0, 0.1) is 0 Å². The first-order chi connectivity index (χ1) is 7.88. The molecule has 2 aromatic heterocycles. The third-order valence-electron chi connectivity index (χ3n) is 1.86. The van der Waals surface area contributed by atoms with Crippen LogP contribution in [0.1, 0.15) is 5.56 Å². The summed E-state index contributed by atoms with van der Waals surface area (Å²) in [6.07, 6.45) is -2.99. The monoisotopic (exact) mass is 282 g/mol. The zero-order valence-corrected chi connectivity index (χ0v) is 9.42. The number of alkyl halides is 3. The Morgan fingerprint density at radius 3 is 2.47 bits per heavy atom. The summed E-state index contributed by atoms with van der Waals surface area (Å²) in [7, 11) is 0. The molecular formula is C8H3Cl2F3N4. The molecule has 0 spiro atoms. The van der Waals surface area contributed by atoms with Gasteiger partial charge in [-0.1, -0.05) is 23.2 Å². The summed E-state index contributed by atoms with van der Waals surface area (Å²) in [5.74, 6) is 0. The number of nitrogens with zero attached hydrogens (tertiary/aromatic N) is 4. The summed E-state index contributed by atoms with van der Waals surface area (Å²) >= 11 is 11.2. The van der Waals surface area contributed by atoms with Crippen LogP contribution in [0.5, 0.6) is 0 Å². The summed E-state index contributed by atoms with van der Waals surface area (Å²) < 4.78 is 38.0. The van der Waals surface area contributed by atoms with Crippen molar-refractivity contribution in [1.29, 1.82) is 0 Å². The van der Waals surface area contributed by atoms with E-state index in [1.165, 1.54) is 6.07 Å². The van der Waals surface area contributed by atoms with Gasteiger partial charge in [-0.3, -0.25) is 0 Å². The topological polar surface area (TPSA) is 43.6 Å². The van der Waals surface area contributed by atoms with E-state index in [9.17, 15) is 13.2 Å². The first-order valence-electron chi connectivity index (χ1n) is 4.19. The van der Waals surface area contributed by atoms with Gasteiger partial charge in [0.1, 0.15) is 5.69 Å². The van der Waals surface area contributed by atoms with Crippen molar-refractivity contribution >= 4 is 23.2 Å². The van der Waals surface area contributed by atoms with Crippen molar-refractivity contribution in [2.75, 3.05) is 0 Å². The van der Waals surface area contributed by atoms with Gasteiger partial charge in [-0.05, 0) is 0 Å². The Morgan fingerprint density at radius 2 is 1.88 bits per heavy atom. The van der Waals surface area contributed by atoms with Crippen LogP contribution in [0.25, 0.3) is 5.69 Å². The van der Waals surface area contributed by atoms with E-state index >= 15 is 0 Å². The molecule has 0 fully saturated rings. The van der Waals surface area contributed by atoms with Crippen LogP contribution in [0.3, 0.4) is 0 Å². The van der Waals surface area contributed by atoms with Crippen molar-refractivity contribution in [3.8, 4) is 5.69 Å². The second-order valence-electron chi connectivity index (χ2n) is 3.01. The van der Waals surface area contributed by atoms with Crippen molar-refractivity contribution in [3.63, 3.8) is 0 Å². The smallest absolute Gasteiger partial charge is 0.237 e. The number of halogens is 5. The highest BCUT2D eigenvalue weighted by Gasteiger charge is 2.32. The molecule has 2 rings (SSSR count). The minimum absolute atomic E-state index is 0.00783. The number of hydrogen-bond donors (Lipinski definition) is 0. The molecule has 0 atom stereocenters. The van der Waals surface area contributed by atoms with Crippen LogP contribution < -0.4 is 0 Å². The molecule has 0 unspecified atom stereocenters. The van der Waals surface area contributed by atoms with Crippen LogP contribution in [-0.4, -0.2) is 20.0 Å². The summed E-state index contributed by atoms with van der Waals surface area (Å²) in [6, 6.07) is 1.27. The molecule has 0 N–H and O–H groups in total. The van der Waals surface area contributed by atoms with Crippen molar-refractivity contribution in [2.24, 2.45) is 0 Å². The molecule has 4 nitrogen and oxygen atoms in total. The van der Waals surface area contributed by atoms with E-state index in [0.717, 1.165) is 10.9 Å². The Bertz CT molecular complexity index is 552. The molecule has 0 aliphatic heterocycles. The fourth-order valence-electron chi connectivity index (χ4n) is 1.11. The van der Waals surface area contributed by atoms with E-state index in [4.69, 9.17) is 23.2 Å². The predicted octanol–water partition coefficient (Wildman–Crippen LogP) is 2.99. The Kier molecular flexibility index (Phi) is 2.96. The second-order valence-corrected chi connectivity index (χ2v) is 3.76. The van der Waals surface area contributed by atoms with Crippen molar-refractivity contribution in [1.82, 2.24) is 20.0 Å². The molecule has 2 heterocycles. The fraction of sp³-hybridized carbons (Fsp3) is 0.125. The van der Waals surface area contributed by atoms with E-state index in [1.54, 1.807) is 0 Å². The maximum absolute atomic E-state index is 12.4. The van der Waals surface area contributed by atoms with Crippen LogP contribution in [-0.2, 0) is 6.18 Å². The lowest BCUT2D eigenvalue weighted by atomic mass is 10.3. The van der Waals surface area contributed by atoms with Gasteiger partial charge < -0.3 is 0 Å². The minimum Gasteiger partial charge on any atom is -0.237 e. The van der Waals surface area contributed by atoms with Gasteiger partial charge in [0.15, 0.2) is 10.3 Å². The first-order valence-corrected chi connectivity index (χ1v) is 4.94. The van der Waals surface area contributed by atoms with E-state index in [-0.39, 0.29) is 16.0 Å². The van der Waals surface area contributed by atoms with Gasteiger partial charge in [0, 0.05) is 12.3 Å². The zero-order valence-electron chi connectivity index (χ0n) is 7.91. The fourth-order valence-corrected chi connectivity index (χ4v) is 1.43. The number of aromatic nitrogens is 4. The molecular weight excluding hydrogens is 280 g/mol. The van der Waals surface area contributed by atoms with Crippen LogP contribution >= 0.6 is 23.2 Å². The summed E-state index contributed by atoms with van der Waals surface area (Å²) in [5, 5.41) is 10.4. The third-order valence-corrected chi connectivity index (χ3v) is 2.31. The molecule has 0 saturated heterocycles. The van der Waals surface area contributed by atoms with Crippen LogP contribution in [0.2, 0.25) is 10.3 Å². The number of rotatable bonds is 1. The molecule has 0 bridgehead atoms. The Morgan fingerprint density at radius 1 is 1.18 bits per heavy atom. The summed E-state index contributed by atoms with van der Waals surface area (Å²) in [4.78, 5) is 0. The largest absolute Gasteiger partial charge is 0.419 e. The molecule has 0 radical (unpaired) electrons. The normalized spacial score (nSPS) is 11.8. The lowest BCUT2D eigenvalue weighted by molar-refractivity contribution is -0.137. The lowest BCUT2D eigenvalue weighted by Gasteiger charge is -2.03. The highest BCUT2D eigenvalue weighted by Crippen LogP contribution is 2.30. The van der Waals surface area contributed by atoms with E-state index in [0.29, 0.717) is 6.20 Å². The van der Waals surface area contributed by atoms with Crippen LogP contribution in [0.4, 0.5) is 13.2 Å². The first kappa shape index (κ1) is 12.1. The standard InChI is InChI=1S/C8H3Cl2F3N4/c9-6-1-5(7(10)16-15-6)17-3-4(2-14-17)8(11,12)13/h1-3H. The molecule has 0 saturated carbocycles. The van der Waals surface area contributed by atoms with Crippen molar-refractivity contribution in [3.05, 3.63) is 34.3 Å². The summed E-state index contributed by atoms with van der Waals surface area (Å²) in [5.41, 5.74) is -0.760. The quantitative estimate of drug-likeness (QED) is 0.808. The van der Waals surface area contributed by atoms with Gasteiger partial charge in [0.05, 0.1) is 11.8 Å². The minimum atomic E-state index is -4.46. The van der Waals surface area contributed by atoms with Gasteiger partial charge in [0.2, 0.25) is 0 Å². The maximum atomic E-state index is 12.4. The van der Waals surface area contributed by atoms with Gasteiger partial charge in [-0.25, -0.2) is 4.68 Å². The predicted molar refractivity (Wildman–Crippen MR) is 54.2 cm³/mol. The van der Waals surface area contributed by atoms with Crippen molar-refractivity contribution < 1.29 is 13.2 Å². The van der Waals surface area contributed by atoms with E-state index in [2.05, 4.69) is 15.3 Å². The molecule has 9 heteroatoms. The average Bonchev–Trinajstić information content (AvgIpc) is 2.70. The Balaban J connectivity index is 2.47. The Labute approximate surface area is 103 Å². The molecule has 0 aliphatic carbocycles. The number of hydrogen-bond acceptors (Lipinski definition) is 3. The van der Waals surface area contributed by atoms with Gasteiger partial charge in [0.25, 0.3) is 0 Å².